The molecule has 4 heterocycles. The Labute approximate surface area is 325 Å². The molecule has 6 nitrogen and oxygen atoms in total. The number of hydrogen-bond donors (Lipinski definition) is 0. The van der Waals surface area contributed by atoms with E-state index in [1.165, 1.54) is 32.6 Å². The highest BCUT2D eigenvalue weighted by atomic mass is 16.1. The standard InChI is InChI=1S/C51H31N5O/c57-50-40-21-10-9-20-39(40)49-47(55(50)36-16-5-2-6-17-36)31-52-51(53-49)56-45-27-25-34(30-42(45)48-37-18-8-7-13-32(37)23-28-46(48)56)33-24-26-44-41(29-33)38-19-11-12-22-43(38)54(44)35-14-3-1-4-15-35/h1-31H. The molecule has 0 N–H and O–H groups in total. The topological polar surface area (TPSA) is 57.6 Å². The van der Waals surface area contributed by atoms with Crippen molar-refractivity contribution in [1.82, 2.24) is 23.7 Å². The van der Waals surface area contributed by atoms with Crippen molar-refractivity contribution in [3.63, 3.8) is 0 Å². The number of para-hydroxylation sites is 3. The zero-order valence-corrected chi connectivity index (χ0v) is 30.5. The van der Waals surface area contributed by atoms with Crippen LogP contribution in [0.3, 0.4) is 0 Å². The maximum atomic E-state index is 14.0. The Morgan fingerprint density at radius 2 is 0.947 bits per heavy atom. The predicted octanol–water partition coefficient (Wildman–Crippen LogP) is 11.9. The first kappa shape index (κ1) is 31.5. The van der Waals surface area contributed by atoms with Crippen molar-refractivity contribution in [3.05, 3.63) is 199 Å². The van der Waals surface area contributed by atoms with Crippen molar-refractivity contribution in [2.24, 2.45) is 0 Å². The van der Waals surface area contributed by atoms with Crippen LogP contribution in [0, 0.1) is 0 Å². The summed E-state index contributed by atoms with van der Waals surface area (Å²) < 4.78 is 6.24. The van der Waals surface area contributed by atoms with Crippen molar-refractivity contribution >= 4 is 76.2 Å². The maximum absolute atomic E-state index is 14.0. The number of hydrogen-bond acceptors (Lipinski definition) is 3. The first-order valence-corrected chi connectivity index (χ1v) is 19.1. The van der Waals surface area contributed by atoms with E-state index < -0.39 is 0 Å². The minimum Gasteiger partial charge on any atom is -0.309 e. The monoisotopic (exact) mass is 729 g/mol. The fourth-order valence-corrected chi connectivity index (χ4v) is 8.97. The van der Waals surface area contributed by atoms with E-state index in [0.29, 0.717) is 16.9 Å². The van der Waals surface area contributed by atoms with E-state index in [1.54, 1.807) is 10.8 Å². The van der Waals surface area contributed by atoms with Crippen molar-refractivity contribution in [2.45, 2.75) is 0 Å². The van der Waals surface area contributed by atoms with Gasteiger partial charge < -0.3 is 4.57 Å². The fourth-order valence-electron chi connectivity index (χ4n) is 8.97. The van der Waals surface area contributed by atoms with Gasteiger partial charge >= 0.3 is 0 Å². The Morgan fingerprint density at radius 1 is 0.386 bits per heavy atom. The molecule has 0 fully saturated rings. The van der Waals surface area contributed by atoms with Gasteiger partial charge in [0.05, 0.1) is 33.8 Å². The molecule has 6 heteroatoms. The summed E-state index contributed by atoms with van der Waals surface area (Å²) >= 11 is 0. The van der Waals surface area contributed by atoms with E-state index in [2.05, 4.69) is 137 Å². The summed E-state index contributed by atoms with van der Waals surface area (Å²) in [6.45, 7) is 0. The van der Waals surface area contributed by atoms with Gasteiger partial charge in [0.2, 0.25) is 5.95 Å². The van der Waals surface area contributed by atoms with Crippen LogP contribution in [0.5, 0.6) is 0 Å². The number of pyridine rings is 1. The lowest BCUT2D eigenvalue weighted by atomic mass is 9.99. The molecule has 0 saturated carbocycles. The van der Waals surface area contributed by atoms with Crippen LogP contribution in [0.4, 0.5) is 0 Å². The van der Waals surface area contributed by atoms with Gasteiger partial charge in [-0.1, -0.05) is 115 Å². The van der Waals surface area contributed by atoms with Crippen LogP contribution < -0.4 is 5.56 Å². The lowest BCUT2D eigenvalue weighted by Crippen LogP contribution is -2.20. The molecule has 12 rings (SSSR count). The van der Waals surface area contributed by atoms with Gasteiger partial charge in [-0.2, -0.15) is 0 Å². The molecular formula is C51H31N5O. The Balaban J connectivity index is 1.11. The van der Waals surface area contributed by atoms with Gasteiger partial charge in [0.1, 0.15) is 5.52 Å². The summed E-state index contributed by atoms with van der Waals surface area (Å²) in [4.78, 5) is 24.3. The molecule has 0 aliphatic heterocycles. The molecule has 0 unspecified atom stereocenters. The third-order valence-electron chi connectivity index (χ3n) is 11.5. The van der Waals surface area contributed by atoms with Crippen LogP contribution in [0.25, 0.3) is 105 Å². The number of nitrogens with zero attached hydrogens (tertiary/aromatic N) is 5. The third-order valence-corrected chi connectivity index (χ3v) is 11.5. The minimum atomic E-state index is -0.0978. The number of fused-ring (bicyclic) bond motifs is 11. The number of aromatic nitrogens is 5. The Hall–Kier alpha value is -7.83. The van der Waals surface area contributed by atoms with E-state index in [1.807, 2.05) is 54.6 Å². The van der Waals surface area contributed by atoms with Gasteiger partial charge in [0, 0.05) is 43.7 Å². The molecule has 8 aromatic carbocycles. The van der Waals surface area contributed by atoms with Gasteiger partial charge in [-0.05, 0) is 88.6 Å². The van der Waals surface area contributed by atoms with Crippen LogP contribution in [0.1, 0.15) is 0 Å². The zero-order valence-electron chi connectivity index (χ0n) is 30.5. The van der Waals surface area contributed by atoms with E-state index in [-0.39, 0.29) is 5.56 Å². The Morgan fingerprint density at radius 3 is 1.70 bits per heavy atom. The summed E-state index contributed by atoms with van der Waals surface area (Å²) in [6, 6.07) is 63.1. The lowest BCUT2D eigenvalue weighted by Gasteiger charge is -2.14. The highest BCUT2D eigenvalue weighted by Gasteiger charge is 2.21. The molecule has 4 aromatic heterocycles. The average Bonchev–Trinajstić information content (AvgIpc) is 3.79. The van der Waals surface area contributed by atoms with E-state index in [9.17, 15) is 4.79 Å². The summed E-state index contributed by atoms with van der Waals surface area (Å²) in [7, 11) is 0. The van der Waals surface area contributed by atoms with Gasteiger partial charge in [0.15, 0.2) is 0 Å². The second kappa shape index (κ2) is 12.1. The van der Waals surface area contributed by atoms with E-state index >= 15 is 0 Å². The Bertz CT molecular complexity index is 3660. The van der Waals surface area contributed by atoms with Crippen LogP contribution in [0.2, 0.25) is 0 Å². The molecule has 12 aromatic rings. The van der Waals surface area contributed by atoms with Crippen LogP contribution in [-0.4, -0.2) is 23.7 Å². The van der Waals surface area contributed by atoms with Crippen molar-refractivity contribution in [1.29, 1.82) is 0 Å². The number of benzene rings is 8. The lowest BCUT2D eigenvalue weighted by molar-refractivity contribution is 0.987. The predicted molar refractivity (Wildman–Crippen MR) is 234 cm³/mol. The van der Waals surface area contributed by atoms with Gasteiger partial charge in [-0.25, -0.2) is 9.97 Å². The molecule has 0 radical (unpaired) electrons. The molecule has 0 atom stereocenters. The van der Waals surface area contributed by atoms with Crippen molar-refractivity contribution < 1.29 is 0 Å². The van der Waals surface area contributed by atoms with Crippen molar-refractivity contribution in [3.8, 4) is 28.5 Å². The smallest absolute Gasteiger partial charge is 0.263 e. The van der Waals surface area contributed by atoms with Crippen LogP contribution in [0.15, 0.2) is 193 Å². The summed E-state index contributed by atoms with van der Waals surface area (Å²) in [5.41, 5.74) is 9.85. The third kappa shape index (κ3) is 4.61. The molecule has 0 spiro atoms. The van der Waals surface area contributed by atoms with Crippen LogP contribution >= 0.6 is 0 Å². The molecule has 266 valence electrons. The molecular weight excluding hydrogens is 699 g/mol. The van der Waals surface area contributed by atoms with Gasteiger partial charge in [0.25, 0.3) is 5.56 Å². The van der Waals surface area contributed by atoms with E-state index in [4.69, 9.17) is 9.97 Å². The maximum Gasteiger partial charge on any atom is 0.263 e. The first-order chi connectivity index (χ1) is 28.2. The molecule has 0 saturated heterocycles. The number of rotatable bonds is 4. The van der Waals surface area contributed by atoms with Gasteiger partial charge in [-0.15, -0.1) is 0 Å². The highest BCUT2D eigenvalue weighted by molar-refractivity contribution is 6.22. The zero-order chi connectivity index (χ0) is 37.6. The largest absolute Gasteiger partial charge is 0.309 e. The molecule has 0 bridgehead atoms. The molecule has 0 aliphatic rings. The molecule has 57 heavy (non-hydrogen) atoms. The fraction of sp³-hybridized carbons (Fsp3) is 0. The Kier molecular flexibility index (Phi) is 6.68. The average molecular weight is 730 g/mol. The van der Waals surface area contributed by atoms with Crippen LogP contribution in [-0.2, 0) is 0 Å². The normalized spacial score (nSPS) is 11.9. The summed E-state index contributed by atoms with van der Waals surface area (Å²) in [5.74, 6) is 0.545. The van der Waals surface area contributed by atoms with Crippen molar-refractivity contribution in [2.75, 3.05) is 0 Å². The summed E-state index contributed by atoms with van der Waals surface area (Å²) in [5, 5.41) is 8.45. The highest BCUT2D eigenvalue weighted by Crippen LogP contribution is 2.40. The SMILES string of the molecule is O=c1c2ccccc2c2nc(-n3c4ccc(-c5ccc6c(c5)c5ccccc5n6-c5ccccc5)cc4c4c5ccccc5ccc43)ncc2n1-c1ccccc1. The minimum absolute atomic E-state index is 0.0978. The second-order valence-corrected chi connectivity index (χ2v) is 14.6. The van der Waals surface area contributed by atoms with E-state index in [0.717, 1.165) is 55.2 Å². The second-order valence-electron chi connectivity index (χ2n) is 14.6. The molecule has 0 amide bonds. The first-order valence-electron chi connectivity index (χ1n) is 19.1. The summed E-state index contributed by atoms with van der Waals surface area (Å²) in [6.07, 6.45) is 1.80. The molecule has 0 aliphatic carbocycles. The quantitative estimate of drug-likeness (QED) is 0.170. The van der Waals surface area contributed by atoms with Gasteiger partial charge in [-0.3, -0.25) is 13.9 Å².